The maximum atomic E-state index is 12.6. The van der Waals surface area contributed by atoms with Crippen molar-refractivity contribution >= 4 is 24.1 Å². The predicted molar refractivity (Wildman–Crippen MR) is 149 cm³/mol. The number of rotatable bonds is 9. The zero-order chi connectivity index (χ0) is 30.4. The first kappa shape index (κ1) is 31.2. The number of carboxylic acid groups (broad SMARTS) is 1. The van der Waals surface area contributed by atoms with Crippen LogP contribution in [0.2, 0.25) is 0 Å². The summed E-state index contributed by atoms with van der Waals surface area (Å²) in [6, 6.07) is 11.1. The lowest BCUT2D eigenvalue weighted by atomic mass is 9.85. The molecule has 0 bridgehead atoms. The second-order valence-corrected chi connectivity index (χ2v) is 11.0. The zero-order valence-corrected chi connectivity index (χ0v) is 23.9. The quantitative estimate of drug-likeness (QED) is 0.223. The van der Waals surface area contributed by atoms with E-state index in [1.807, 2.05) is 12.1 Å². The molecule has 6 N–H and O–H groups in total. The third-order valence-corrected chi connectivity index (χ3v) is 6.31. The van der Waals surface area contributed by atoms with Gasteiger partial charge in [-0.05, 0) is 58.7 Å². The molecule has 2 aromatic carbocycles. The van der Waals surface area contributed by atoms with Crippen molar-refractivity contribution in [2.75, 3.05) is 0 Å². The third-order valence-electron chi connectivity index (χ3n) is 6.31. The second kappa shape index (κ2) is 12.9. The lowest BCUT2D eigenvalue weighted by Crippen LogP contribution is -2.56. The number of carbonyl (C=O) groups excluding carboxylic acids is 3. The minimum Gasteiger partial charge on any atom is -0.457 e. The normalized spacial score (nSPS) is 17.7. The maximum Gasteiger partial charge on any atom is 0.507 e. The largest absolute Gasteiger partial charge is 0.507 e. The summed E-state index contributed by atoms with van der Waals surface area (Å²) in [5.41, 5.74) is 5.46. The Morgan fingerprint density at radius 2 is 1.71 bits per heavy atom. The van der Waals surface area contributed by atoms with Gasteiger partial charge in [-0.25, -0.2) is 9.59 Å². The molecule has 0 fully saturated rings. The molecule has 0 aliphatic heterocycles. The monoisotopic (exact) mass is 570 g/mol. The van der Waals surface area contributed by atoms with Crippen LogP contribution in [0.1, 0.15) is 57.7 Å². The molecule has 222 valence electrons. The summed E-state index contributed by atoms with van der Waals surface area (Å²) in [6.07, 6.45) is -1.70. The average Bonchev–Trinajstić information content (AvgIpc) is 2.86. The molecule has 1 aliphatic carbocycles. The molecule has 12 nitrogen and oxygen atoms in total. The number of para-hydroxylation sites is 1. The van der Waals surface area contributed by atoms with Gasteiger partial charge in [0.1, 0.15) is 23.1 Å². The molecule has 12 heteroatoms. The summed E-state index contributed by atoms with van der Waals surface area (Å²) >= 11 is 0. The fourth-order valence-electron chi connectivity index (χ4n) is 4.34. The first-order valence-electron chi connectivity index (χ1n) is 13.3. The molecule has 1 aliphatic rings. The van der Waals surface area contributed by atoms with Gasteiger partial charge in [0, 0.05) is 30.5 Å². The molecule has 0 heterocycles. The molecule has 0 spiro atoms. The van der Waals surface area contributed by atoms with Crippen molar-refractivity contribution in [3.05, 3.63) is 59.2 Å². The number of alkyl carbamates (subject to hydrolysis) is 1. The summed E-state index contributed by atoms with van der Waals surface area (Å²) in [5, 5.41) is 17.4. The van der Waals surface area contributed by atoms with E-state index in [-0.39, 0.29) is 19.4 Å². The predicted octanol–water partition coefficient (Wildman–Crippen LogP) is 3.35. The first-order valence-corrected chi connectivity index (χ1v) is 13.3. The van der Waals surface area contributed by atoms with E-state index >= 15 is 0 Å². The zero-order valence-electron chi connectivity index (χ0n) is 23.9. The summed E-state index contributed by atoms with van der Waals surface area (Å²) in [6.45, 7) is 8.32. The van der Waals surface area contributed by atoms with Crippen LogP contribution in [-0.4, -0.2) is 52.6 Å². The first-order chi connectivity index (χ1) is 19.2. The Labute approximate surface area is 238 Å². The Morgan fingerprint density at radius 1 is 1.02 bits per heavy atom. The van der Waals surface area contributed by atoms with E-state index in [0.717, 1.165) is 5.56 Å². The molecule has 2 aromatic rings. The highest BCUT2D eigenvalue weighted by Crippen LogP contribution is 2.38. The summed E-state index contributed by atoms with van der Waals surface area (Å²) < 4.78 is 16.9. The van der Waals surface area contributed by atoms with Crippen molar-refractivity contribution in [2.24, 2.45) is 5.73 Å². The van der Waals surface area contributed by atoms with Crippen LogP contribution >= 0.6 is 0 Å². The van der Waals surface area contributed by atoms with Crippen LogP contribution in [0.5, 0.6) is 11.5 Å². The number of fused-ring (bicyclic) bond motifs is 1. The van der Waals surface area contributed by atoms with Gasteiger partial charge in [0.2, 0.25) is 11.8 Å². The molecule has 41 heavy (non-hydrogen) atoms. The lowest BCUT2D eigenvalue weighted by Gasteiger charge is -2.38. The standard InChI is InChI=1S/C29H38N4O8/c1-17(30)24(34)32-18(2)25(35)31-16-20-9-6-7-11-22(20)39-23-12-8-10-19-13-14-29(15-21(19)23,41-27(37)38)33-26(36)40-28(3,4)5/h6-12,17-18H,13-16,30H2,1-5H3,(H,31,35)(H,32,34)(H,33,36)(H,37,38)/t17-,18-,29+/m0/s1. The SMILES string of the molecule is C[C@H](N)C(=O)N[C@@H](C)C(=O)NCc1ccccc1Oc1cccc2c1C[C@](NC(=O)OC(C)(C)C)(OC(=O)O)CC2. The number of benzene rings is 2. The summed E-state index contributed by atoms with van der Waals surface area (Å²) in [4.78, 5) is 48.6. The number of aryl methyl sites for hydroxylation is 1. The lowest BCUT2D eigenvalue weighted by molar-refractivity contribution is -0.129. The molecular formula is C29H38N4O8. The topological polar surface area (TPSA) is 178 Å². The van der Waals surface area contributed by atoms with Crippen LogP contribution in [0.25, 0.3) is 0 Å². The van der Waals surface area contributed by atoms with Gasteiger partial charge in [-0.15, -0.1) is 0 Å². The van der Waals surface area contributed by atoms with Crippen LogP contribution in [0.3, 0.4) is 0 Å². The smallest absolute Gasteiger partial charge is 0.457 e. The number of nitrogens with one attached hydrogen (secondary N) is 3. The molecule has 0 saturated heterocycles. The highest BCUT2D eigenvalue weighted by Gasteiger charge is 2.42. The Bertz CT molecular complexity index is 1290. The van der Waals surface area contributed by atoms with Crippen LogP contribution in [0, 0.1) is 0 Å². The van der Waals surface area contributed by atoms with Crippen LogP contribution < -0.4 is 26.4 Å². The Hall–Kier alpha value is -4.32. The van der Waals surface area contributed by atoms with E-state index in [1.165, 1.54) is 6.92 Å². The van der Waals surface area contributed by atoms with Crippen molar-refractivity contribution in [3.63, 3.8) is 0 Å². The number of hydrogen-bond donors (Lipinski definition) is 5. The van der Waals surface area contributed by atoms with E-state index in [1.54, 1.807) is 58.0 Å². The van der Waals surface area contributed by atoms with Gasteiger partial charge >= 0.3 is 12.2 Å². The van der Waals surface area contributed by atoms with Crippen LogP contribution in [0.15, 0.2) is 42.5 Å². The van der Waals surface area contributed by atoms with Gasteiger partial charge in [0.05, 0.1) is 6.04 Å². The average molecular weight is 571 g/mol. The summed E-state index contributed by atoms with van der Waals surface area (Å²) in [5.74, 6) is 0.0795. The van der Waals surface area contributed by atoms with Crippen molar-refractivity contribution in [2.45, 2.75) is 83.8 Å². The Morgan fingerprint density at radius 3 is 2.37 bits per heavy atom. The fraction of sp³-hybridized carbons (Fsp3) is 0.448. The van der Waals surface area contributed by atoms with E-state index in [2.05, 4.69) is 16.0 Å². The number of ether oxygens (including phenoxy) is 3. The van der Waals surface area contributed by atoms with E-state index in [9.17, 15) is 24.3 Å². The van der Waals surface area contributed by atoms with Crippen molar-refractivity contribution in [1.82, 2.24) is 16.0 Å². The molecule has 3 amide bonds. The second-order valence-electron chi connectivity index (χ2n) is 11.0. The molecule has 3 atom stereocenters. The Kier molecular flexibility index (Phi) is 9.82. The van der Waals surface area contributed by atoms with Gasteiger partial charge in [0.15, 0.2) is 5.72 Å². The Balaban J connectivity index is 1.81. The van der Waals surface area contributed by atoms with Gasteiger partial charge in [-0.3, -0.25) is 14.9 Å². The summed E-state index contributed by atoms with van der Waals surface area (Å²) in [7, 11) is 0. The minimum atomic E-state index is -1.56. The third kappa shape index (κ3) is 8.84. The van der Waals surface area contributed by atoms with Gasteiger partial charge < -0.3 is 35.7 Å². The van der Waals surface area contributed by atoms with Gasteiger partial charge in [-0.2, -0.15) is 0 Å². The van der Waals surface area contributed by atoms with E-state index < -0.39 is 47.5 Å². The van der Waals surface area contributed by atoms with Gasteiger partial charge in [-0.1, -0.05) is 30.3 Å². The van der Waals surface area contributed by atoms with Gasteiger partial charge in [0.25, 0.3) is 0 Å². The number of hydrogen-bond acceptors (Lipinski definition) is 8. The number of nitrogens with two attached hydrogens (primary N) is 1. The number of amides is 3. The molecular weight excluding hydrogens is 532 g/mol. The highest BCUT2D eigenvalue weighted by molar-refractivity contribution is 5.89. The molecule has 0 aromatic heterocycles. The molecule has 0 unspecified atom stereocenters. The van der Waals surface area contributed by atoms with Crippen molar-refractivity contribution in [1.29, 1.82) is 0 Å². The fourth-order valence-corrected chi connectivity index (χ4v) is 4.34. The number of carbonyl (C=O) groups is 4. The van der Waals surface area contributed by atoms with E-state index in [0.29, 0.717) is 29.0 Å². The van der Waals surface area contributed by atoms with Crippen molar-refractivity contribution < 1.29 is 38.5 Å². The molecule has 0 radical (unpaired) electrons. The van der Waals surface area contributed by atoms with Crippen LogP contribution in [-0.2, 0) is 38.4 Å². The van der Waals surface area contributed by atoms with E-state index in [4.69, 9.17) is 19.9 Å². The van der Waals surface area contributed by atoms with Crippen molar-refractivity contribution in [3.8, 4) is 11.5 Å². The minimum absolute atomic E-state index is 0.0136. The highest BCUT2D eigenvalue weighted by atomic mass is 16.7. The molecule has 0 saturated carbocycles. The molecule has 3 rings (SSSR count). The van der Waals surface area contributed by atoms with Crippen LogP contribution in [0.4, 0.5) is 9.59 Å². The maximum absolute atomic E-state index is 12.6.